The highest BCUT2D eigenvalue weighted by atomic mass is 16.2. The Bertz CT molecular complexity index is 581. The average molecular weight is 303 g/mol. The van der Waals surface area contributed by atoms with Gasteiger partial charge in [-0.3, -0.25) is 14.5 Å². The van der Waals surface area contributed by atoms with Gasteiger partial charge in [-0.05, 0) is 31.4 Å². The molecule has 1 aliphatic rings. The maximum Gasteiger partial charge on any atom is 0.325 e. The number of hydrogen-bond donors (Lipinski definition) is 2. The second kappa shape index (κ2) is 6.60. The van der Waals surface area contributed by atoms with E-state index in [9.17, 15) is 14.4 Å². The molecule has 1 heterocycles. The van der Waals surface area contributed by atoms with Crippen molar-refractivity contribution in [3.63, 3.8) is 0 Å². The van der Waals surface area contributed by atoms with Crippen molar-refractivity contribution in [2.75, 3.05) is 11.9 Å². The van der Waals surface area contributed by atoms with Gasteiger partial charge in [0.2, 0.25) is 5.91 Å². The number of nitrogens with one attached hydrogen (secondary N) is 2. The zero-order valence-corrected chi connectivity index (χ0v) is 13.1. The van der Waals surface area contributed by atoms with Gasteiger partial charge in [0.15, 0.2) is 0 Å². The van der Waals surface area contributed by atoms with Crippen molar-refractivity contribution in [2.24, 2.45) is 5.92 Å². The fourth-order valence-electron chi connectivity index (χ4n) is 2.34. The van der Waals surface area contributed by atoms with Crippen LogP contribution >= 0.6 is 0 Å². The number of imide groups is 1. The Hall–Kier alpha value is -2.37. The zero-order valence-electron chi connectivity index (χ0n) is 13.1. The molecule has 1 aromatic rings. The van der Waals surface area contributed by atoms with Crippen LogP contribution in [-0.2, 0) is 9.59 Å². The van der Waals surface area contributed by atoms with Gasteiger partial charge >= 0.3 is 6.03 Å². The smallest absolute Gasteiger partial charge is 0.325 e. The number of carbonyl (C=O) groups is 3. The summed E-state index contributed by atoms with van der Waals surface area (Å²) in [5.41, 5.74) is 1.73. The number of aryl methyl sites for hydroxylation is 1. The average Bonchev–Trinajstić information content (AvgIpc) is 2.68. The van der Waals surface area contributed by atoms with E-state index in [1.807, 2.05) is 32.9 Å². The first kappa shape index (κ1) is 16.0. The van der Waals surface area contributed by atoms with Crippen LogP contribution in [0.4, 0.5) is 10.5 Å². The highest BCUT2D eigenvalue weighted by molar-refractivity contribution is 6.07. The van der Waals surface area contributed by atoms with Gasteiger partial charge in [-0.1, -0.05) is 31.5 Å². The normalized spacial score (nSPS) is 17.8. The summed E-state index contributed by atoms with van der Waals surface area (Å²) in [5.74, 6) is -0.439. The Morgan fingerprint density at radius 3 is 2.50 bits per heavy atom. The van der Waals surface area contributed by atoms with Crippen LogP contribution in [0.25, 0.3) is 0 Å². The molecule has 2 rings (SSSR count). The maximum atomic E-state index is 12.1. The van der Waals surface area contributed by atoms with E-state index >= 15 is 0 Å². The molecule has 0 spiro atoms. The highest BCUT2D eigenvalue weighted by Gasteiger charge is 2.38. The molecular formula is C16H21N3O3. The number of amides is 4. The number of hydrogen-bond acceptors (Lipinski definition) is 3. The lowest BCUT2D eigenvalue weighted by Gasteiger charge is -2.13. The zero-order chi connectivity index (χ0) is 16.3. The van der Waals surface area contributed by atoms with Gasteiger partial charge in [0.25, 0.3) is 5.91 Å². The van der Waals surface area contributed by atoms with E-state index in [1.54, 1.807) is 12.1 Å². The summed E-state index contributed by atoms with van der Waals surface area (Å²) >= 11 is 0. The van der Waals surface area contributed by atoms with Crippen molar-refractivity contribution < 1.29 is 14.4 Å². The first-order valence-corrected chi connectivity index (χ1v) is 7.35. The number of carbonyl (C=O) groups excluding carboxylic acids is 3. The summed E-state index contributed by atoms with van der Waals surface area (Å²) in [6.07, 6.45) is 0.570. The van der Waals surface area contributed by atoms with E-state index < -0.39 is 18.0 Å². The van der Waals surface area contributed by atoms with Crippen molar-refractivity contribution >= 4 is 23.5 Å². The Kier molecular flexibility index (Phi) is 4.80. The second-order valence-corrected chi connectivity index (χ2v) is 5.97. The van der Waals surface area contributed by atoms with Gasteiger partial charge < -0.3 is 10.6 Å². The monoisotopic (exact) mass is 303 g/mol. The maximum absolute atomic E-state index is 12.1. The van der Waals surface area contributed by atoms with Gasteiger partial charge in [-0.2, -0.15) is 0 Å². The van der Waals surface area contributed by atoms with Crippen molar-refractivity contribution in [3.8, 4) is 0 Å². The third kappa shape index (κ3) is 3.84. The minimum atomic E-state index is -0.528. The second-order valence-electron chi connectivity index (χ2n) is 5.97. The van der Waals surface area contributed by atoms with Crippen molar-refractivity contribution in [1.29, 1.82) is 0 Å². The van der Waals surface area contributed by atoms with Crippen molar-refractivity contribution in [3.05, 3.63) is 29.8 Å². The summed E-state index contributed by atoms with van der Waals surface area (Å²) in [4.78, 5) is 36.9. The molecule has 1 atom stereocenters. The van der Waals surface area contributed by atoms with E-state index in [0.29, 0.717) is 12.1 Å². The number of anilines is 1. The molecule has 118 valence electrons. The Morgan fingerprint density at radius 1 is 1.27 bits per heavy atom. The molecule has 0 bridgehead atoms. The summed E-state index contributed by atoms with van der Waals surface area (Å²) in [7, 11) is 0. The molecule has 2 N–H and O–H groups in total. The summed E-state index contributed by atoms with van der Waals surface area (Å²) < 4.78 is 0. The van der Waals surface area contributed by atoms with Crippen LogP contribution in [0.1, 0.15) is 25.8 Å². The number of nitrogens with zero attached hydrogens (tertiary/aromatic N) is 1. The van der Waals surface area contributed by atoms with Crippen LogP contribution in [0.15, 0.2) is 24.3 Å². The Balaban J connectivity index is 1.95. The molecule has 0 saturated carbocycles. The molecule has 1 saturated heterocycles. The van der Waals surface area contributed by atoms with Gasteiger partial charge in [0.1, 0.15) is 12.6 Å². The van der Waals surface area contributed by atoms with Crippen molar-refractivity contribution in [2.45, 2.75) is 33.2 Å². The minimum Gasteiger partial charge on any atom is -0.326 e. The van der Waals surface area contributed by atoms with E-state index in [2.05, 4.69) is 10.6 Å². The molecule has 1 aliphatic heterocycles. The predicted octanol–water partition coefficient (Wildman–Crippen LogP) is 1.90. The van der Waals surface area contributed by atoms with Crippen LogP contribution in [0.2, 0.25) is 0 Å². The van der Waals surface area contributed by atoms with E-state index in [1.165, 1.54) is 0 Å². The molecular weight excluding hydrogens is 282 g/mol. The highest BCUT2D eigenvalue weighted by Crippen LogP contribution is 2.14. The fraction of sp³-hybridized carbons (Fsp3) is 0.438. The van der Waals surface area contributed by atoms with Gasteiger partial charge in [0, 0.05) is 5.69 Å². The number of rotatable bonds is 5. The molecule has 4 amide bonds. The van der Waals surface area contributed by atoms with Crippen LogP contribution in [-0.4, -0.2) is 35.3 Å². The third-order valence-corrected chi connectivity index (χ3v) is 3.45. The van der Waals surface area contributed by atoms with Crippen LogP contribution in [0, 0.1) is 12.8 Å². The predicted molar refractivity (Wildman–Crippen MR) is 83.3 cm³/mol. The molecule has 0 unspecified atom stereocenters. The molecule has 6 heteroatoms. The topological polar surface area (TPSA) is 78.5 Å². The van der Waals surface area contributed by atoms with Gasteiger partial charge in [0.05, 0.1) is 0 Å². The molecule has 1 fully saturated rings. The standard InChI is InChI=1S/C16H21N3O3/c1-10(2)8-13-15(21)19(16(22)18-13)9-14(20)17-12-6-4-11(3)5-7-12/h4-7,10,13H,8-9H2,1-3H3,(H,17,20)(H,18,22)/t13-/m1/s1. The molecule has 22 heavy (non-hydrogen) atoms. The quantitative estimate of drug-likeness (QED) is 0.815. The SMILES string of the molecule is Cc1ccc(NC(=O)CN2C(=O)N[C@H](CC(C)C)C2=O)cc1. The minimum absolute atomic E-state index is 0.271. The molecule has 1 aromatic carbocycles. The molecule has 0 aliphatic carbocycles. The first-order valence-electron chi connectivity index (χ1n) is 7.35. The first-order chi connectivity index (χ1) is 10.4. The fourth-order valence-corrected chi connectivity index (χ4v) is 2.34. The number of urea groups is 1. The summed E-state index contributed by atoms with van der Waals surface area (Å²) in [6, 6.07) is 6.28. The summed E-state index contributed by atoms with van der Waals surface area (Å²) in [6.45, 7) is 5.64. The lowest BCUT2D eigenvalue weighted by Crippen LogP contribution is -2.38. The van der Waals surface area contributed by atoms with E-state index in [0.717, 1.165) is 10.5 Å². The van der Waals surface area contributed by atoms with Crippen molar-refractivity contribution in [1.82, 2.24) is 10.2 Å². The van der Waals surface area contributed by atoms with E-state index in [-0.39, 0.29) is 18.4 Å². The van der Waals surface area contributed by atoms with Gasteiger partial charge in [-0.15, -0.1) is 0 Å². The third-order valence-electron chi connectivity index (χ3n) is 3.45. The lowest BCUT2D eigenvalue weighted by atomic mass is 10.0. The molecule has 0 radical (unpaired) electrons. The van der Waals surface area contributed by atoms with Crippen LogP contribution in [0.5, 0.6) is 0 Å². The Labute approximate surface area is 129 Å². The number of benzene rings is 1. The molecule has 6 nitrogen and oxygen atoms in total. The van der Waals surface area contributed by atoms with E-state index in [4.69, 9.17) is 0 Å². The van der Waals surface area contributed by atoms with Crippen LogP contribution < -0.4 is 10.6 Å². The van der Waals surface area contributed by atoms with Crippen LogP contribution in [0.3, 0.4) is 0 Å². The summed E-state index contributed by atoms with van der Waals surface area (Å²) in [5, 5.41) is 5.30. The lowest BCUT2D eigenvalue weighted by molar-refractivity contribution is -0.131. The van der Waals surface area contributed by atoms with Gasteiger partial charge in [-0.25, -0.2) is 4.79 Å². The largest absolute Gasteiger partial charge is 0.326 e. The molecule has 0 aromatic heterocycles. The Morgan fingerprint density at radius 2 is 1.91 bits per heavy atom.